The first-order valence-electron chi connectivity index (χ1n) is 3.70. The van der Waals surface area contributed by atoms with E-state index in [1.165, 1.54) is 0 Å². The summed E-state index contributed by atoms with van der Waals surface area (Å²) in [6.45, 7) is 1.86. The van der Waals surface area contributed by atoms with Crippen LogP contribution in [-0.4, -0.2) is 0 Å². The Morgan fingerprint density at radius 2 is 2.17 bits per heavy atom. The third kappa shape index (κ3) is 1.65. The quantitative estimate of drug-likeness (QED) is 0.528. The molecular formula is C10H11NO. The van der Waals surface area contributed by atoms with Crippen LogP contribution < -0.4 is 5.90 Å². The summed E-state index contributed by atoms with van der Waals surface area (Å²) in [5.41, 5.74) is 1.78. The Labute approximate surface area is 72.3 Å². The lowest BCUT2D eigenvalue weighted by molar-refractivity contribution is 0.0662. The number of rotatable bonds is 2. The van der Waals surface area contributed by atoms with Gasteiger partial charge in [0.15, 0.2) is 0 Å². The molecule has 0 fully saturated rings. The Hall–Kier alpha value is -1.30. The molecule has 0 aromatic heterocycles. The van der Waals surface area contributed by atoms with Crippen LogP contribution in [-0.2, 0) is 4.84 Å². The number of hydrogen-bond donors (Lipinski definition) is 1. The van der Waals surface area contributed by atoms with Gasteiger partial charge < -0.3 is 0 Å². The molecule has 2 nitrogen and oxygen atoms in total. The van der Waals surface area contributed by atoms with E-state index in [2.05, 4.69) is 10.8 Å². The van der Waals surface area contributed by atoms with E-state index in [4.69, 9.17) is 12.3 Å². The maximum absolute atomic E-state index is 5.30. The van der Waals surface area contributed by atoms with Gasteiger partial charge in [0.1, 0.15) is 6.10 Å². The first-order chi connectivity index (χ1) is 5.79. The fourth-order valence-electron chi connectivity index (χ4n) is 1.06. The highest BCUT2D eigenvalue weighted by Crippen LogP contribution is 2.18. The molecule has 0 saturated carbocycles. The zero-order chi connectivity index (χ0) is 8.97. The molecule has 0 aliphatic rings. The molecule has 0 amide bonds. The molecular weight excluding hydrogens is 150 g/mol. The minimum atomic E-state index is -0.155. The van der Waals surface area contributed by atoms with Crippen molar-refractivity contribution >= 4 is 0 Å². The summed E-state index contributed by atoms with van der Waals surface area (Å²) >= 11 is 0. The average molecular weight is 161 g/mol. The largest absolute Gasteiger partial charge is 0.297 e. The first kappa shape index (κ1) is 8.79. The predicted molar refractivity (Wildman–Crippen MR) is 48.1 cm³/mol. The first-order valence-corrected chi connectivity index (χ1v) is 3.70. The van der Waals surface area contributed by atoms with Crippen LogP contribution in [0.5, 0.6) is 0 Å². The van der Waals surface area contributed by atoms with E-state index in [9.17, 15) is 0 Å². The van der Waals surface area contributed by atoms with Crippen LogP contribution in [0, 0.1) is 12.3 Å². The topological polar surface area (TPSA) is 35.2 Å². The smallest absolute Gasteiger partial charge is 0.102 e. The van der Waals surface area contributed by atoms with Gasteiger partial charge in [-0.2, -0.15) is 0 Å². The summed E-state index contributed by atoms with van der Waals surface area (Å²) in [7, 11) is 0. The van der Waals surface area contributed by atoms with Crippen LogP contribution in [0.1, 0.15) is 24.2 Å². The van der Waals surface area contributed by atoms with Crippen molar-refractivity contribution in [3.63, 3.8) is 0 Å². The number of terminal acetylenes is 1. The molecule has 1 aromatic carbocycles. The fraction of sp³-hybridized carbons (Fsp3) is 0.200. The van der Waals surface area contributed by atoms with E-state index in [-0.39, 0.29) is 6.10 Å². The Morgan fingerprint density at radius 1 is 1.50 bits per heavy atom. The molecule has 0 aliphatic carbocycles. The summed E-state index contributed by atoms with van der Waals surface area (Å²) < 4.78 is 0. The van der Waals surface area contributed by atoms with Gasteiger partial charge in [-0.05, 0) is 18.6 Å². The monoisotopic (exact) mass is 161 g/mol. The Bertz CT molecular complexity index is 301. The second kappa shape index (κ2) is 3.91. The minimum Gasteiger partial charge on any atom is -0.297 e. The van der Waals surface area contributed by atoms with E-state index >= 15 is 0 Å². The Kier molecular flexibility index (Phi) is 2.87. The summed E-state index contributed by atoms with van der Waals surface area (Å²) in [6, 6.07) is 7.57. The van der Waals surface area contributed by atoms with Gasteiger partial charge in [-0.25, -0.2) is 5.90 Å². The van der Waals surface area contributed by atoms with E-state index in [1.807, 2.05) is 31.2 Å². The maximum Gasteiger partial charge on any atom is 0.102 e. The Morgan fingerprint density at radius 3 is 2.75 bits per heavy atom. The molecule has 1 aromatic rings. The minimum absolute atomic E-state index is 0.155. The van der Waals surface area contributed by atoms with E-state index < -0.39 is 0 Å². The van der Waals surface area contributed by atoms with Crippen molar-refractivity contribution in [3.8, 4) is 12.3 Å². The highest BCUT2D eigenvalue weighted by Gasteiger charge is 2.07. The Balaban J connectivity index is 3.07. The fourth-order valence-corrected chi connectivity index (χ4v) is 1.06. The van der Waals surface area contributed by atoms with Crippen molar-refractivity contribution in [1.82, 2.24) is 0 Å². The molecule has 0 saturated heterocycles. The molecule has 12 heavy (non-hydrogen) atoms. The van der Waals surface area contributed by atoms with Crippen LogP contribution in [0.2, 0.25) is 0 Å². The lowest BCUT2D eigenvalue weighted by Gasteiger charge is -2.10. The van der Waals surface area contributed by atoms with Crippen LogP contribution >= 0.6 is 0 Å². The summed E-state index contributed by atoms with van der Waals surface area (Å²) in [6.07, 6.45) is 5.14. The molecule has 1 rings (SSSR count). The predicted octanol–water partition coefficient (Wildman–Crippen LogP) is 1.62. The van der Waals surface area contributed by atoms with Gasteiger partial charge >= 0.3 is 0 Å². The van der Waals surface area contributed by atoms with Gasteiger partial charge in [0.25, 0.3) is 0 Å². The second-order valence-electron chi connectivity index (χ2n) is 2.51. The highest BCUT2D eigenvalue weighted by atomic mass is 16.6. The van der Waals surface area contributed by atoms with Gasteiger partial charge in [-0.3, -0.25) is 4.84 Å². The zero-order valence-corrected chi connectivity index (χ0v) is 6.95. The van der Waals surface area contributed by atoms with Gasteiger partial charge in [-0.15, -0.1) is 6.42 Å². The van der Waals surface area contributed by atoms with Crippen LogP contribution in [0.4, 0.5) is 0 Å². The molecule has 0 radical (unpaired) electrons. The van der Waals surface area contributed by atoms with E-state index in [0.717, 1.165) is 11.1 Å². The highest BCUT2D eigenvalue weighted by molar-refractivity contribution is 5.40. The van der Waals surface area contributed by atoms with Gasteiger partial charge in [0, 0.05) is 5.56 Å². The zero-order valence-electron chi connectivity index (χ0n) is 6.95. The molecule has 0 heterocycles. The van der Waals surface area contributed by atoms with Gasteiger partial charge in [0.2, 0.25) is 0 Å². The average Bonchev–Trinajstić information content (AvgIpc) is 2.16. The van der Waals surface area contributed by atoms with Crippen LogP contribution in [0.25, 0.3) is 0 Å². The van der Waals surface area contributed by atoms with Crippen LogP contribution in [0.3, 0.4) is 0 Å². The molecule has 0 spiro atoms. The molecule has 2 N–H and O–H groups in total. The molecule has 1 atom stereocenters. The van der Waals surface area contributed by atoms with Crippen molar-refractivity contribution in [3.05, 3.63) is 35.4 Å². The van der Waals surface area contributed by atoms with Crippen molar-refractivity contribution in [2.45, 2.75) is 13.0 Å². The lowest BCUT2D eigenvalue weighted by Crippen LogP contribution is -2.06. The number of benzene rings is 1. The third-order valence-corrected chi connectivity index (χ3v) is 1.76. The van der Waals surface area contributed by atoms with Gasteiger partial charge in [-0.1, -0.05) is 24.1 Å². The second-order valence-corrected chi connectivity index (χ2v) is 2.51. The number of hydrogen-bond acceptors (Lipinski definition) is 2. The van der Waals surface area contributed by atoms with Crippen molar-refractivity contribution in [1.29, 1.82) is 0 Å². The molecule has 0 bridgehead atoms. The lowest BCUT2D eigenvalue weighted by atomic mass is 10.0. The number of nitrogens with two attached hydrogens (primary N) is 1. The molecule has 62 valence electrons. The van der Waals surface area contributed by atoms with Gasteiger partial charge in [0.05, 0.1) is 0 Å². The molecule has 2 heteroatoms. The summed E-state index contributed by atoms with van der Waals surface area (Å²) in [5, 5.41) is 0. The summed E-state index contributed by atoms with van der Waals surface area (Å²) in [4.78, 5) is 4.68. The third-order valence-electron chi connectivity index (χ3n) is 1.76. The van der Waals surface area contributed by atoms with E-state index in [0.29, 0.717) is 0 Å². The standard InChI is InChI=1S/C10H11NO/c1-3-9-6-4-5-7-10(9)8(2)12-11/h1,4-8H,11H2,2H3. The maximum atomic E-state index is 5.30. The van der Waals surface area contributed by atoms with Crippen molar-refractivity contribution in [2.24, 2.45) is 5.90 Å². The molecule has 1 unspecified atom stereocenters. The summed E-state index contributed by atoms with van der Waals surface area (Å²) in [5.74, 6) is 7.63. The molecule has 0 aliphatic heterocycles. The SMILES string of the molecule is C#Cc1ccccc1C(C)ON. The van der Waals surface area contributed by atoms with Crippen molar-refractivity contribution < 1.29 is 4.84 Å². The van der Waals surface area contributed by atoms with E-state index in [1.54, 1.807) is 0 Å². The van der Waals surface area contributed by atoms with Crippen LogP contribution in [0.15, 0.2) is 24.3 Å². The van der Waals surface area contributed by atoms with Crippen molar-refractivity contribution in [2.75, 3.05) is 0 Å². The normalized spacial score (nSPS) is 12.1.